The van der Waals surface area contributed by atoms with Gasteiger partial charge in [0.1, 0.15) is 5.75 Å². The van der Waals surface area contributed by atoms with Gasteiger partial charge < -0.3 is 15.4 Å². The molecule has 24 heavy (non-hydrogen) atoms. The molecule has 0 aromatic heterocycles. The number of hydrogen-bond donors (Lipinski definition) is 2. The van der Waals surface area contributed by atoms with Gasteiger partial charge in [0.25, 0.3) is 0 Å². The summed E-state index contributed by atoms with van der Waals surface area (Å²) in [5.74, 6) is 0.922. The van der Waals surface area contributed by atoms with Crippen LogP contribution < -0.4 is 15.4 Å². The third kappa shape index (κ3) is 3.88. The zero-order valence-corrected chi connectivity index (χ0v) is 15.1. The van der Waals surface area contributed by atoms with Crippen LogP contribution in [0.2, 0.25) is 0 Å². The Bertz CT molecular complexity index is 712. The van der Waals surface area contributed by atoms with Gasteiger partial charge in [0.2, 0.25) is 0 Å². The minimum absolute atomic E-state index is 0.259. The Morgan fingerprint density at radius 3 is 2.71 bits per heavy atom. The number of fused-ring (bicyclic) bond motifs is 1. The molecule has 0 heterocycles. The topological polar surface area (TPSA) is 33.3 Å². The van der Waals surface area contributed by atoms with Crippen LogP contribution in [-0.4, -0.2) is 12.2 Å². The Balaban J connectivity index is 1.66. The minimum Gasteiger partial charge on any atom is -0.497 e. The standard InChI is InChI=1S/C20H24N2OS/c1-3-14-7-9-16(10-8-14)21-20(24)22-19-6-4-5-15-13-17(23-2)11-12-18(15)19/h7-13,19H,3-6H2,1-2H3,(H2,21,22,24)/t19-/m1/s1. The lowest BCUT2D eigenvalue weighted by Gasteiger charge is -2.28. The first-order chi connectivity index (χ1) is 11.7. The number of benzene rings is 2. The van der Waals surface area contributed by atoms with Crippen LogP contribution in [0.1, 0.15) is 42.5 Å². The Labute approximate surface area is 149 Å². The Morgan fingerprint density at radius 2 is 2.00 bits per heavy atom. The molecular weight excluding hydrogens is 316 g/mol. The fraction of sp³-hybridized carbons (Fsp3) is 0.350. The van der Waals surface area contributed by atoms with E-state index in [1.165, 1.54) is 16.7 Å². The van der Waals surface area contributed by atoms with Gasteiger partial charge in [0.05, 0.1) is 13.2 Å². The molecule has 3 nitrogen and oxygen atoms in total. The zero-order valence-electron chi connectivity index (χ0n) is 14.3. The smallest absolute Gasteiger partial charge is 0.171 e. The summed E-state index contributed by atoms with van der Waals surface area (Å²) in [4.78, 5) is 0. The van der Waals surface area contributed by atoms with E-state index < -0.39 is 0 Å². The maximum absolute atomic E-state index is 5.51. The van der Waals surface area contributed by atoms with Crippen molar-refractivity contribution in [2.24, 2.45) is 0 Å². The van der Waals surface area contributed by atoms with Crippen molar-refractivity contribution < 1.29 is 4.74 Å². The van der Waals surface area contributed by atoms with E-state index in [1.807, 2.05) is 6.07 Å². The predicted molar refractivity (Wildman–Crippen MR) is 104 cm³/mol. The lowest BCUT2D eigenvalue weighted by Crippen LogP contribution is -2.34. The van der Waals surface area contributed by atoms with Crippen molar-refractivity contribution in [3.8, 4) is 5.75 Å². The van der Waals surface area contributed by atoms with Crippen LogP contribution in [0.15, 0.2) is 42.5 Å². The van der Waals surface area contributed by atoms with Gasteiger partial charge in [-0.3, -0.25) is 0 Å². The molecule has 4 heteroatoms. The summed E-state index contributed by atoms with van der Waals surface area (Å²) in [6, 6.07) is 15.0. The first-order valence-corrected chi connectivity index (χ1v) is 8.93. The van der Waals surface area contributed by atoms with Gasteiger partial charge in [-0.25, -0.2) is 0 Å². The summed E-state index contributed by atoms with van der Waals surface area (Å²) in [6.07, 6.45) is 4.40. The van der Waals surface area contributed by atoms with Crippen molar-refractivity contribution >= 4 is 23.0 Å². The second kappa shape index (κ2) is 7.67. The number of rotatable bonds is 4. The van der Waals surface area contributed by atoms with E-state index in [1.54, 1.807) is 7.11 Å². The van der Waals surface area contributed by atoms with E-state index in [4.69, 9.17) is 17.0 Å². The molecule has 2 aromatic rings. The van der Waals surface area contributed by atoms with E-state index >= 15 is 0 Å². The highest BCUT2D eigenvalue weighted by Crippen LogP contribution is 2.32. The molecule has 0 unspecified atom stereocenters. The molecule has 126 valence electrons. The third-order valence-electron chi connectivity index (χ3n) is 4.59. The number of methoxy groups -OCH3 is 1. The number of ether oxygens (including phenoxy) is 1. The van der Waals surface area contributed by atoms with Crippen LogP contribution in [-0.2, 0) is 12.8 Å². The quantitative estimate of drug-likeness (QED) is 0.796. The molecule has 0 spiro atoms. The molecular formula is C20H24N2OS. The summed E-state index contributed by atoms with van der Waals surface area (Å²) in [7, 11) is 1.71. The molecule has 0 aliphatic heterocycles. The Hall–Kier alpha value is -2.07. The lowest BCUT2D eigenvalue weighted by atomic mass is 9.87. The van der Waals surface area contributed by atoms with Crippen molar-refractivity contribution in [1.29, 1.82) is 0 Å². The monoisotopic (exact) mass is 340 g/mol. The molecule has 0 fully saturated rings. The van der Waals surface area contributed by atoms with Gasteiger partial charge in [0, 0.05) is 5.69 Å². The molecule has 0 amide bonds. The SMILES string of the molecule is CCc1ccc(NC(=S)N[C@@H]2CCCc3cc(OC)ccc32)cc1. The highest BCUT2D eigenvalue weighted by Gasteiger charge is 2.21. The van der Waals surface area contributed by atoms with Crippen LogP contribution in [0.3, 0.4) is 0 Å². The van der Waals surface area contributed by atoms with E-state index in [9.17, 15) is 0 Å². The van der Waals surface area contributed by atoms with Crippen LogP contribution in [0.5, 0.6) is 5.75 Å². The molecule has 2 N–H and O–H groups in total. The number of hydrogen-bond acceptors (Lipinski definition) is 2. The summed E-state index contributed by atoms with van der Waals surface area (Å²) < 4.78 is 5.34. The summed E-state index contributed by atoms with van der Waals surface area (Å²) in [6.45, 7) is 2.16. The van der Waals surface area contributed by atoms with E-state index in [2.05, 4.69) is 54.0 Å². The fourth-order valence-electron chi connectivity index (χ4n) is 3.22. The molecule has 0 bridgehead atoms. The average Bonchev–Trinajstić information content (AvgIpc) is 2.62. The average molecular weight is 340 g/mol. The second-order valence-electron chi connectivity index (χ2n) is 6.16. The number of nitrogens with one attached hydrogen (secondary N) is 2. The largest absolute Gasteiger partial charge is 0.497 e. The molecule has 3 rings (SSSR count). The molecule has 1 aliphatic carbocycles. The van der Waals surface area contributed by atoms with Crippen molar-refractivity contribution in [1.82, 2.24) is 5.32 Å². The number of anilines is 1. The Kier molecular flexibility index (Phi) is 5.36. The minimum atomic E-state index is 0.259. The highest BCUT2D eigenvalue weighted by atomic mass is 32.1. The number of thiocarbonyl (C=S) groups is 1. The molecule has 0 saturated carbocycles. The maximum atomic E-state index is 5.51. The maximum Gasteiger partial charge on any atom is 0.171 e. The van der Waals surface area contributed by atoms with E-state index in [0.717, 1.165) is 37.1 Å². The van der Waals surface area contributed by atoms with Crippen molar-refractivity contribution in [3.63, 3.8) is 0 Å². The first-order valence-electron chi connectivity index (χ1n) is 8.53. The molecule has 0 saturated heterocycles. The van der Waals surface area contributed by atoms with Crippen LogP contribution >= 0.6 is 12.2 Å². The van der Waals surface area contributed by atoms with E-state index in [-0.39, 0.29) is 6.04 Å². The highest BCUT2D eigenvalue weighted by molar-refractivity contribution is 7.80. The molecule has 1 atom stereocenters. The fourth-order valence-corrected chi connectivity index (χ4v) is 3.48. The van der Waals surface area contributed by atoms with E-state index in [0.29, 0.717) is 5.11 Å². The van der Waals surface area contributed by atoms with Crippen LogP contribution in [0.4, 0.5) is 5.69 Å². The predicted octanol–water partition coefficient (Wildman–Crippen LogP) is 4.62. The first kappa shape index (κ1) is 16.8. The van der Waals surface area contributed by atoms with Gasteiger partial charge in [-0.1, -0.05) is 25.1 Å². The zero-order chi connectivity index (χ0) is 16.9. The normalized spacial score (nSPS) is 16.2. The van der Waals surface area contributed by atoms with Crippen molar-refractivity contribution in [2.45, 2.75) is 38.6 Å². The molecule has 2 aromatic carbocycles. The summed E-state index contributed by atoms with van der Waals surface area (Å²) in [5, 5.41) is 7.43. The third-order valence-corrected chi connectivity index (χ3v) is 4.81. The van der Waals surface area contributed by atoms with Gasteiger partial charge in [-0.15, -0.1) is 0 Å². The van der Waals surface area contributed by atoms with Gasteiger partial charge in [-0.05, 0) is 78.9 Å². The lowest BCUT2D eigenvalue weighted by molar-refractivity contribution is 0.412. The van der Waals surface area contributed by atoms with Crippen LogP contribution in [0, 0.1) is 0 Å². The van der Waals surface area contributed by atoms with Gasteiger partial charge >= 0.3 is 0 Å². The van der Waals surface area contributed by atoms with Gasteiger partial charge in [0.15, 0.2) is 5.11 Å². The molecule has 1 aliphatic rings. The second-order valence-corrected chi connectivity index (χ2v) is 6.57. The molecule has 0 radical (unpaired) electrons. The van der Waals surface area contributed by atoms with Gasteiger partial charge in [-0.2, -0.15) is 0 Å². The van der Waals surface area contributed by atoms with Crippen molar-refractivity contribution in [2.75, 3.05) is 12.4 Å². The van der Waals surface area contributed by atoms with Crippen LogP contribution in [0.25, 0.3) is 0 Å². The Morgan fingerprint density at radius 1 is 1.21 bits per heavy atom. The van der Waals surface area contributed by atoms with Crippen molar-refractivity contribution in [3.05, 3.63) is 59.2 Å². The summed E-state index contributed by atoms with van der Waals surface area (Å²) >= 11 is 5.51. The summed E-state index contributed by atoms with van der Waals surface area (Å²) in [5.41, 5.74) is 5.03. The number of aryl methyl sites for hydroxylation is 2.